The van der Waals surface area contributed by atoms with Crippen molar-refractivity contribution in [2.75, 3.05) is 47.5 Å². The van der Waals surface area contributed by atoms with Crippen LogP contribution in [0.4, 0.5) is 0 Å². The highest BCUT2D eigenvalue weighted by Crippen LogP contribution is 2.38. The molecular weight excluding hydrogens is 713 g/mol. The van der Waals surface area contributed by atoms with E-state index in [9.17, 15) is 19.0 Å². The molecule has 320 valence electrons. The summed E-state index contributed by atoms with van der Waals surface area (Å²) in [5.41, 5.74) is 0. The lowest BCUT2D eigenvalue weighted by Crippen LogP contribution is -2.37. The summed E-state index contributed by atoms with van der Waals surface area (Å²) in [6, 6.07) is 0. The summed E-state index contributed by atoms with van der Waals surface area (Å²) in [7, 11) is 1.14. The number of quaternary nitrogens is 1. The number of unbranched alkanes of at least 4 members (excludes halogenated alkanes) is 17. The van der Waals surface area contributed by atoms with Gasteiger partial charge in [-0.15, -0.1) is 0 Å². The number of phosphoric acid groups is 1. The monoisotopic (exact) mass is 796 g/mol. The van der Waals surface area contributed by atoms with E-state index in [2.05, 4.69) is 62.5 Å². The van der Waals surface area contributed by atoms with E-state index < -0.39 is 32.5 Å². The molecule has 0 spiro atoms. The first kappa shape index (κ1) is 53.0. The van der Waals surface area contributed by atoms with Crippen LogP contribution in [0, 0.1) is 0 Å². The Kier molecular flexibility index (Phi) is 36.2. The minimum atomic E-state index is -4.63. The summed E-state index contributed by atoms with van der Waals surface area (Å²) < 4.78 is 33.8. The molecular formula is C45H82NO8P. The number of allylic oxidation sites excluding steroid dienone is 8. The summed E-state index contributed by atoms with van der Waals surface area (Å²) >= 11 is 0. The number of hydrogen-bond acceptors (Lipinski definition) is 8. The van der Waals surface area contributed by atoms with Crippen molar-refractivity contribution in [3.8, 4) is 0 Å². The Morgan fingerprint density at radius 2 is 1.04 bits per heavy atom. The molecule has 0 bridgehead atoms. The molecule has 0 heterocycles. The van der Waals surface area contributed by atoms with Crippen molar-refractivity contribution in [1.29, 1.82) is 0 Å². The van der Waals surface area contributed by atoms with Gasteiger partial charge in [-0.05, 0) is 70.6 Å². The number of ether oxygens (including phenoxy) is 2. The van der Waals surface area contributed by atoms with E-state index in [4.69, 9.17) is 18.5 Å². The summed E-state index contributed by atoms with van der Waals surface area (Å²) in [6.07, 6.45) is 42.8. The van der Waals surface area contributed by atoms with Crippen LogP contribution >= 0.6 is 7.82 Å². The fourth-order valence-electron chi connectivity index (χ4n) is 5.66. The lowest BCUT2D eigenvalue weighted by atomic mass is 10.1. The quantitative estimate of drug-likeness (QED) is 0.0199. The lowest BCUT2D eigenvalue weighted by Gasteiger charge is -2.28. The second-order valence-corrected chi connectivity index (χ2v) is 17.1. The highest BCUT2D eigenvalue weighted by Gasteiger charge is 2.21. The Labute approximate surface area is 337 Å². The van der Waals surface area contributed by atoms with Crippen LogP contribution in [0.3, 0.4) is 0 Å². The molecule has 0 aromatic rings. The third-order valence-corrected chi connectivity index (χ3v) is 10.0. The number of rotatable bonds is 39. The molecule has 10 heteroatoms. The molecule has 0 saturated heterocycles. The van der Waals surface area contributed by atoms with Gasteiger partial charge in [0.1, 0.15) is 19.8 Å². The predicted molar refractivity (Wildman–Crippen MR) is 227 cm³/mol. The first-order valence-corrected chi connectivity index (χ1v) is 23.3. The Morgan fingerprint density at radius 3 is 1.58 bits per heavy atom. The number of carbonyl (C=O) groups is 2. The van der Waals surface area contributed by atoms with Gasteiger partial charge in [-0.3, -0.25) is 14.2 Å². The zero-order valence-corrected chi connectivity index (χ0v) is 36.8. The van der Waals surface area contributed by atoms with E-state index in [1.807, 2.05) is 21.1 Å². The average molecular weight is 796 g/mol. The summed E-state index contributed by atoms with van der Waals surface area (Å²) in [5.74, 6) is -0.876. The van der Waals surface area contributed by atoms with E-state index >= 15 is 0 Å². The summed E-state index contributed by atoms with van der Waals surface area (Å²) in [5, 5.41) is 0. The third-order valence-electron chi connectivity index (χ3n) is 9.08. The topological polar surface area (TPSA) is 111 Å². The number of hydrogen-bond donors (Lipinski definition) is 0. The minimum absolute atomic E-state index is 0.0387. The van der Waals surface area contributed by atoms with Gasteiger partial charge in [-0.2, -0.15) is 0 Å². The molecule has 0 aliphatic rings. The number of phosphoric ester groups is 1. The summed E-state index contributed by atoms with van der Waals surface area (Å²) in [6.45, 7) is 4.06. The molecule has 0 aromatic carbocycles. The Balaban J connectivity index is 4.37. The van der Waals surface area contributed by atoms with Crippen molar-refractivity contribution < 1.29 is 42.1 Å². The van der Waals surface area contributed by atoms with Gasteiger partial charge in [-0.25, -0.2) is 0 Å². The fraction of sp³-hybridized carbons (Fsp3) is 0.778. The van der Waals surface area contributed by atoms with Gasteiger partial charge in [0.15, 0.2) is 6.10 Å². The van der Waals surface area contributed by atoms with Crippen LogP contribution in [0.2, 0.25) is 0 Å². The molecule has 0 amide bonds. The van der Waals surface area contributed by atoms with E-state index in [-0.39, 0.29) is 26.1 Å². The van der Waals surface area contributed by atoms with Crippen LogP contribution < -0.4 is 4.89 Å². The molecule has 0 radical (unpaired) electrons. The average Bonchev–Trinajstić information content (AvgIpc) is 3.13. The molecule has 2 atom stereocenters. The maximum Gasteiger partial charge on any atom is 0.306 e. The Morgan fingerprint density at radius 1 is 0.582 bits per heavy atom. The van der Waals surface area contributed by atoms with Crippen molar-refractivity contribution in [2.45, 2.75) is 180 Å². The fourth-order valence-corrected chi connectivity index (χ4v) is 6.39. The molecule has 2 unspecified atom stereocenters. The second-order valence-electron chi connectivity index (χ2n) is 15.7. The van der Waals surface area contributed by atoms with Crippen molar-refractivity contribution in [2.24, 2.45) is 0 Å². The number of likely N-dealkylation sites (N-methyl/N-ethyl adjacent to an activating group) is 1. The van der Waals surface area contributed by atoms with Gasteiger partial charge >= 0.3 is 11.9 Å². The molecule has 0 fully saturated rings. The largest absolute Gasteiger partial charge is 0.756 e. The van der Waals surface area contributed by atoms with E-state index in [0.29, 0.717) is 17.4 Å². The van der Waals surface area contributed by atoms with Crippen molar-refractivity contribution in [3.05, 3.63) is 48.6 Å². The van der Waals surface area contributed by atoms with E-state index in [1.165, 1.54) is 70.6 Å². The molecule has 0 aliphatic heterocycles. The third kappa shape index (κ3) is 41.4. The standard InChI is InChI=1S/C45H82NO8P/c1-6-8-10-12-14-16-18-20-21-22-23-24-26-27-29-31-33-35-37-44(47)51-41-43(42-53-55(49,50)52-40-39-46(3,4)5)54-45(48)38-36-34-32-30-28-25-19-17-15-13-11-9-7-2/h9,11,15,17,21-22,25,28,43H,6-8,10,12-14,16,18-20,23-24,26-27,29-42H2,1-5H3/b11-9-,17-15-,22-21-,28-25-. The Bertz CT molecular complexity index is 1080. The van der Waals surface area contributed by atoms with Crippen LogP contribution in [-0.4, -0.2) is 70.0 Å². The zero-order valence-electron chi connectivity index (χ0n) is 35.9. The Hall–Kier alpha value is -2.03. The van der Waals surface area contributed by atoms with Gasteiger partial charge in [-0.1, -0.05) is 140 Å². The number of esters is 2. The minimum Gasteiger partial charge on any atom is -0.756 e. The molecule has 0 aromatic heterocycles. The smallest absolute Gasteiger partial charge is 0.306 e. The van der Waals surface area contributed by atoms with Gasteiger partial charge < -0.3 is 27.9 Å². The SMILES string of the molecule is CC/C=C\C/C=C\C/C=C\CCCCCC(=O)OC(COC(=O)CCCCCCCCC/C=C\CCCCCCCCC)COP(=O)([O-])OCC[N+](C)(C)C. The van der Waals surface area contributed by atoms with Gasteiger partial charge in [0.05, 0.1) is 27.7 Å². The van der Waals surface area contributed by atoms with E-state index in [1.54, 1.807) is 0 Å². The van der Waals surface area contributed by atoms with Gasteiger partial charge in [0, 0.05) is 12.8 Å². The van der Waals surface area contributed by atoms with Crippen molar-refractivity contribution >= 4 is 19.8 Å². The molecule has 0 aliphatic carbocycles. The zero-order chi connectivity index (χ0) is 40.7. The normalized spacial score (nSPS) is 14.1. The predicted octanol–water partition coefficient (Wildman–Crippen LogP) is 11.7. The molecule has 0 rings (SSSR count). The highest BCUT2D eigenvalue weighted by molar-refractivity contribution is 7.45. The van der Waals surface area contributed by atoms with Crippen LogP contribution in [-0.2, 0) is 32.7 Å². The van der Waals surface area contributed by atoms with Crippen LogP contribution in [0.5, 0.6) is 0 Å². The van der Waals surface area contributed by atoms with Crippen LogP contribution in [0.25, 0.3) is 0 Å². The second kappa shape index (κ2) is 37.5. The van der Waals surface area contributed by atoms with Crippen molar-refractivity contribution in [1.82, 2.24) is 0 Å². The molecule has 9 nitrogen and oxygen atoms in total. The van der Waals surface area contributed by atoms with Gasteiger partial charge in [0.25, 0.3) is 7.82 Å². The first-order valence-electron chi connectivity index (χ1n) is 21.8. The summed E-state index contributed by atoms with van der Waals surface area (Å²) in [4.78, 5) is 37.5. The van der Waals surface area contributed by atoms with E-state index in [0.717, 1.165) is 70.6 Å². The molecule has 0 saturated carbocycles. The molecule has 55 heavy (non-hydrogen) atoms. The molecule has 0 N–H and O–H groups in total. The maximum absolute atomic E-state index is 12.6. The van der Waals surface area contributed by atoms with Gasteiger partial charge in [0.2, 0.25) is 0 Å². The lowest BCUT2D eigenvalue weighted by molar-refractivity contribution is -0.870. The number of nitrogens with zero attached hydrogens (tertiary/aromatic N) is 1. The first-order chi connectivity index (χ1) is 26.5. The maximum atomic E-state index is 12.6. The highest BCUT2D eigenvalue weighted by atomic mass is 31.2. The van der Waals surface area contributed by atoms with Crippen molar-refractivity contribution in [3.63, 3.8) is 0 Å². The number of carbonyl (C=O) groups excluding carboxylic acids is 2. The van der Waals surface area contributed by atoms with Crippen LogP contribution in [0.15, 0.2) is 48.6 Å². The van der Waals surface area contributed by atoms with Crippen LogP contribution in [0.1, 0.15) is 174 Å².